The molecule has 0 saturated carbocycles. The van der Waals surface area contributed by atoms with E-state index in [1.165, 1.54) is 11.3 Å². The van der Waals surface area contributed by atoms with Crippen LogP contribution in [0.15, 0.2) is 77.3 Å². The van der Waals surface area contributed by atoms with Gasteiger partial charge in [-0.05, 0) is 5.56 Å². The van der Waals surface area contributed by atoms with Crippen molar-refractivity contribution in [3.05, 3.63) is 87.9 Å². The van der Waals surface area contributed by atoms with Gasteiger partial charge in [0.15, 0.2) is 0 Å². The molecule has 0 unspecified atom stereocenters. The van der Waals surface area contributed by atoms with Crippen LogP contribution in [-0.2, 0) is 6.54 Å². The molecule has 2 N–H and O–H groups in total. The van der Waals surface area contributed by atoms with E-state index in [9.17, 15) is 5.11 Å². The Hall–Kier alpha value is -3.29. The Kier molecular flexibility index (Phi) is 4.90. The first kappa shape index (κ1) is 18.7. The van der Waals surface area contributed by atoms with E-state index in [-0.39, 0.29) is 5.76 Å². The minimum Gasteiger partial charge on any atom is -0.510 e. The van der Waals surface area contributed by atoms with E-state index in [0.29, 0.717) is 29.5 Å². The highest BCUT2D eigenvalue weighted by Crippen LogP contribution is 2.33. The van der Waals surface area contributed by atoms with Crippen molar-refractivity contribution in [2.24, 2.45) is 0 Å². The van der Waals surface area contributed by atoms with E-state index in [4.69, 9.17) is 5.41 Å². The smallest absolute Gasteiger partial charge is 0.135 e. The highest BCUT2D eigenvalue weighted by molar-refractivity contribution is 7.13. The fourth-order valence-corrected chi connectivity index (χ4v) is 5.00. The summed E-state index contributed by atoms with van der Waals surface area (Å²) in [5.74, 6) is 0.513. The monoisotopic (exact) mass is 430 g/mol. The molecule has 0 bridgehead atoms. The van der Waals surface area contributed by atoms with Crippen molar-refractivity contribution in [3.8, 4) is 21.8 Å². The maximum atomic E-state index is 10.6. The van der Waals surface area contributed by atoms with Crippen LogP contribution in [0.2, 0.25) is 0 Å². The van der Waals surface area contributed by atoms with Gasteiger partial charge in [0.2, 0.25) is 0 Å². The molecule has 4 aromatic rings. The van der Waals surface area contributed by atoms with Crippen molar-refractivity contribution in [2.45, 2.75) is 6.54 Å². The van der Waals surface area contributed by atoms with E-state index in [2.05, 4.69) is 34.2 Å². The van der Waals surface area contributed by atoms with E-state index in [1.807, 2.05) is 46.0 Å². The number of benzene rings is 2. The average molecular weight is 431 g/mol. The third-order valence-electron chi connectivity index (χ3n) is 4.98. The van der Waals surface area contributed by atoms with Crippen LogP contribution in [0.3, 0.4) is 0 Å². The molecule has 0 radical (unpaired) electrons. The summed E-state index contributed by atoms with van der Waals surface area (Å²) in [5.41, 5.74) is 4.59. The van der Waals surface area contributed by atoms with Crippen LogP contribution in [-0.4, -0.2) is 32.4 Å². The Labute approximate surface area is 182 Å². The summed E-state index contributed by atoms with van der Waals surface area (Å²) in [6.45, 7) is 0.879. The van der Waals surface area contributed by atoms with Crippen LogP contribution in [0.5, 0.6) is 0 Å². The van der Waals surface area contributed by atoms with Crippen LogP contribution in [0.1, 0.15) is 10.6 Å². The van der Waals surface area contributed by atoms with Gasteiger partial charge in [0.1, 0.15) is 21.6 Å². The molecule has 0 amide bonds. The molecular formula is C23H18N4OS2. The van der Waals surface area contributed by atoms with Crippen molar-refractivity contribution in [1.82, 2.24) is 14.9 Å². The molecule has 7 heteroatoms. The van der Waals surface area contributed by atoms with Crippen LogP contribution in [0, 0.1) is 5.41 Å². The molecule has 148 valence electrons. The topological polar surface area (TPSA) is 73.1 Å². The number of rotatable bonds is 5. The third kappa shape index (κ3) is 3.53. The summed E-state index contributed by atoms with van der Waals surface area (Å²) in [6.07, 6.45) is 1.80. The van der Waals surface area contributed by atoms with Gasteiger partial charge in [-0.3, -0.25) is 5.41 Å². The van der Waals surface area contributed by atoms with Crippen molar-refractivity contribution in [3.63, 3.8) is 0 Å². The average Bonchev–Trinajstić information content (AvgIpc) is 3.51. The second-order valence-corrected chi connectivity index (χ2v) is 8.72. The second kappa shape index (κ2) is 7.85. The molecule has 5 rings (SSSR count). The number of thiazole rings is 2. The largest absolute Gasteiger partial charge is 0.510 e. The molecule has 0 saturated heterocycles. The molecule has 2 aromatic carbocycles. The molecule has 0 spiro atoms. The number of hydrogen-bond acceptors (Lipinski definition) is 6. The summed E-state index contributed by atoms with van der Waals surface area (Å²) in [6, 6.07) is 18.1. The highest BCUT2D eigenvalue weighted by atomic mass is 32.1. The van der Waals surface area contributed by atoms with Gasteiger partial charge in [0.25, 0.3) is 0 Å². The first-order valence-corrected chi connectivity index (χ1v) is 11.2. The SMILES string of the molecule is N=C1C(c2nc(-c3ccccc3)cs2)=C(O)CN1Cc1ccc(-c2nccs2)cc1. The lowest BCUT2D eigenvalue weighted by molar-refractivity contribution is 0.347. The normalized spacial score (nSPS) is 14.0. The lowest BCUT2D eigenvalue weighted by atomic mass is 10.1. The van der Waals surface area contributed by atoms with E-state index < -0.39 is 0 Å². The maximum Gasteiger partial charge on any atom is 0.135 e. The van der Waals surface area contributed by atoms with Crippen molar-refractivity contribution < 1.29 is 5.11 Å². The molecule has 5 nitrogen and oxygen atoms in total. The van der Waals surface area contributed by atoms with Gasteiger partial charge in [-0.15, -0.1) is 22.7 Å². The zero-order valence-corrected chi connectivity index (χ0v) is 17.6. The van der Waals surface area contributed by atoms with Crippen molar-refractivity contribution in [2.75, 3.05) is 6.54 Å². The van der Waals surface area contributed by atoms with Crippen LogP contribution in [0.4, 0.5) is 0 Å². The highest BCUT2D eigenvalue weighted by Gasteiger charge is 2.30. The summed E-state index contributed by atoms with van der Waals surface area (Å²) in [5, 5.41) is 24.8. The van der Waals surface area contributed by atoms with Gasteiger partial charge in [-0.25, -0.2) is 9.97 Å². The van der Waals surface area contributed by atoms with Crippen LogP contribution >= 0.6 is 22.7 Å². The van der Waals surface area contributed by atoms with E-state index >= 15 is 0 Å². The van der Waals surface area contributed by atoms with Crippen LogP contribution < -0.4 is 0 Å². The van der Waals surface area contributed by atoms with E-state index in [0.717, 1.165) is 27.4 Å². The molecule has 30 heavy (non-hydrogen) atoms. The summed E-state index contributed by atoms with van der Waals surface area (Å²) in [7, 11) is 0. The minimum atomic E-state index is 0.202. The van der Waals surface area contributed by atoms with E-state index in [1.54, 1.807) is 17.5 Å². The molecule has 2 aromatic heterocycles. The standard InChI is InChI=1S/C23H18N4OS2/c24-21-20(23-26-18(14-30-23)16-4-2-1-3-5-16)19(28)13-27(21)12-15-6-8-17(9-7-15)22-25-10-11-29-22/h1-11,14,24,28H,12-13H2. The van der Waals surface area contributed by atoms with Gasteiger partial charge in [0.05, 0.1) is 17.8 Å². The Morgan fingerprint density at radius 2 is 1.77 bits per heavy atom. The van der Waals surface area contributed by atoms with Gasteiger partial charge in [0, 0.05) is 34.6 Å². The lowest BCUT2D eigenvalue weighted by Gasteiger charge is -2.18. The summed E-state index contributed by atoms with van der Waals surface area (Å²) < 4.78 is 0. The fourth-order valence-electron chi connectivity index (χ4n) is 3.46. The predicted molar refractivity (Wildman–Crippen MR) is 123 cm³/mol. The van der Waals surface area contributed by atoms with Crippen molar-refractivity contribution >= 4 is 34.1 Å². The lowest BCUT2D eigenvalue weighted by Crippen LogP contribution is -2.26. The molecule has 1 aliphatic rings. The summed E-state index contributed by atoms with van der Waals surface area (Å²) >= 11 is 3.07. The van der Waals surface area contributed by atoms with Crippen molar-refractivity contribution in [1.29, 1.82) is 5.41 Å². The Morgan fingerprint density at radius 1 is 0.967 bits per heavy atom. The molecule has 3 heterocycles. The summed E-state index contributed by atoms with van der Waals surface area (Å²) in [4.78, 5) is 10.9. The van der Waals surface area contributed by atoms with Gasteiger partial charge < -0.3 is 10.0 Å². The molecule has 0 aliphatic carbocycles. The maximum absolute atomic E-state index is 10.6. The molecule has 0 atom stereocenters. The molecule has 0 fully saturated rings. The Morgan fingerprint density at radius 3 is 2.50 bits per heavy atom. The minimum absolute atomic E-state index is 0.202. The quantitative estimate of drug-likeness (QED) is 0.426. The fraction of sp³-hybridized carbons (Fsp3) is 0.0870. The number of nitrogens with one attached hydrogen (secondary N) is 1. The van der Waals surface area contributed by atoms with Gasteiger partial charge in [-0.1, -0.05) is 54.6 Å². The van der Waals surface area contributed by atoms with Crippen LogP contribution in [0.25, 0.3) is 27.4 Å². The first-order chi connectivity index (χ1) is 14.7. The second-order valence-electron chi connectivity index (χ2n) is 6.96. The molecular weight excluding hydrogens is 412 g/mol. The molecule has 1 aliphatic heterocycles. The zero-order valence-electron chi connectivity index (χ0n) is 15.9. The van der Waals surface area contributed by atoms with Gasteiger partial charge in [-0.2, -0.15) is 0 Å². The number of hydrogen-bond donors (Lipinski definition) is 2. The Bertz CT molecular complexity index is 1210. The predicted octanol–water partition coefficient (Wildman–Crippen LogP) is 5.70. The third-order valence-corrected chi connectivity index (χ3v) is 6.66. The number of aliphatic hydroxyl groups is 1. The Balaban J connectivity index is 1.32. The number of aromatic nitrogens is 2. The first-order valence-electron chi connectivity index (χ1n) is 9.45. The zero-order chi connectivity index (χ0) is 20.5. The number of amidine groups is 1. The van der Waals surface area contributed by atoms with Gasteiger partial charge >= 0.3 is 0 Å². The number of aliphatic hydroxyl groups excluding tert-OH is 1. The number of nitrogens with zero attached hydrogens (tertiary/aromatic N) is 3.